The highest BCUT2D eigenvalue weighted by Crippen LogP contribution is 2.22. The molecule has 21 heavy (non-hydrogen) atoms. The molecule has 0 aromatic carbocycles. The van der Waals surface area contributed by atoms with E-state index in [1.807, 2.05) is 19.2 Å². The third kappa shape index (κ3) is 3.03. The maximum Gasteiger partial charge on any atom is 0.273 e. The van der Waals surface area contributed by atoms with Crippen molar-refractivity contribution in [1.82, 2.24) is 14.9 Å². The van der Waals surface area contributed by atoms with Gasteiger partial charge in [0.15, 0.2) is 0 Å². The lowest BCUT2D eigenvalue weighted by Crippen LogP contribution is -2.42. The second kappa shape index (κ2) is 6.19. The molecule has 1 N–H and O–H groups in total. The van der Waals surface area contributed by atoms with Crippen LogP contribution in [0.1, 0.15) is 22.3 Å². The Morgan fingerprint density at radius 2 is 2.38 bits per heavy atom. The lowest BCUT2D eigenvalue weighted by atomic mass is 10.1. The summed E-state index contributed by atoms with van der Waals surface area (Å²) in [6, 6.07) is 3.88. The van der Waals surface area contributed by atoms with Gasteiger partial charge in [-0.15, -0.1) is 11.3 Å². The average Bonchev–Trinajstić information content (AvgIpc) is 3.09. The van der Waals surface area contributed by atoms with Gasteiger partial charge in [-0.3, -0.25) is 9.78 Å². The van der Waals surface area contributed by atoms with Crippen molar-refractivity contribution in [3.8, 4) is 0 Å². The molecule has 2 aromatic heterocycles. The van der Waals surface area contributed by atoms with E-state index in [2.05, 4.69) is 15.3 Å². The Morgan fingerprint density at radius 3 is 3.05 bits per heavy atom. The average molecular weight is 304 g/mol. The van der Waals surface area contributed by atoms with Crippen molar-refractivity contribution in [3.05, 3.63) is 40.6 Å². The number of anilines is 1. The number of carbonyl (C=O) groups excluding carboxylic acids is 1. The Labute approximate surface area is 126 Å². The van der Waals surface area contributed by atoms with Gasteiger partial charge >= 0.3 is 0 Å². The van der Waals surface area contributed by atoms with E-state index >= 15 is 0 Å². The monoisotopic (exact) mass is 304 g/mol. The first-order valence-electron chi connectivity index (χ1n) is 6.70. The Bertz CT molecular complexity index is 600. The maximum absolute atomic E-state index is 12.3. The SMILES string of the molecule is CNc1ccc([C@@H]2CN(C(=O)c3cscn3)CCO2)nc1. The summed E-state index contributed by atoms with van der Waals surface area (Å²) in [4.78, 5) is 22.6. The van der Waals surface area contributed by atoms with Crippen LogP contribution in [0.4, 0.5) is 5.69 Å². The van der Waals surface area contributed by atoms with Crippen molar-refractivity contribution in [2.45, 2.75) is 6.10 Å². The normalized spacial score (nSPS) is 18.5. The molecule has 0 unspecified atom stereocenters. The molecular weight excluding hydrogens is 288 g/mol. The largest absolute Gasteiger partial charge is 0.387 e. The number of rotatable bonds is 3. The van der Waals surface area contributed by atoms with E-state index in [9.17, 15) is 4.79 Å². The first-order valence-corrected chi connectivity index (χ1v) is 7.65. The molecule has 3 heterocycles. The molecule has 1 saturated heterocycles. The van der Waals surface area contributed by atoms with E-state index in [1.54, 1.807) is 22.0 Å². The third-order valence-corrected chi connectivity index (χ3v) is 4.00. The van der Waals surface area contributed by atoms with E-state index in [0.717, 1.165) is 11.4 Å². The topological polar surface area (TPSA) is 67.4 Å². The van der Waals surface area contributed by atoms with Crippen LogP contribution in [0.3, 0.4) is 0 Å². The fraction of sp³-hybridized carbons (Fsp3) is 0.357. The number of hydrogen-bond acceptors (Lipinski definition) is 6. The number of thiazole rings is 1. The quantitative estimate of drug-likeness (QED) is 0.936. The molecule has 110 valence electrons. The Kier molecular flexibility index (Phi) is 4.12. The smallest absolute Gasteiger partial charge is 0.273 e. The summed E-state index contributed by atoms with van der Waals surface area (Å²) in [6.45, 7) is 1.60. The molecule has 0 bridgehead atoms. The number of nitrogens with zero attached hydrogens (tertiary/aromatic N) is 3. The number of ether oxygens (including phenoxy) is 1. The summed E-state index contributed by atoms with van der Waals surface area (Å²) in [7, 11) is 1.85. The number of nitrogens with one attached hydrogen (secondary N) is 1. The Hall–Kier alpha value is -1.99. The van der Waals surface area contributed by atoms with Gasteiger partial charge in [0, 0.05) is 19.0 Å². The zero-order chi connectivity index (χ0) is 14.7. The number of morpholine rings is 1. The van der Waals surface area contributed by atoms with Crippen molar-refractivity contribution >= 4 is 22.9 Å². The molecule has 0 aliphatic carbocycles. The minimum Gasteiger partial charge on any atom is -0.387 e. The van der Waals surface area contributed by atoms with Gasteiger partial charge in [-0.1, -0.05) is 0 Å². The molecule has 3 rings (SSSR count). The summed E-state index contributed by atoms with van der Waals surface area (Å²) >= 11 is 1.42. The predicted octanol–water partition coefficient (Wildman–Crippen LogP) is 1.79. The van der Waals surface area contributed by atoms with Gasteiger partial charge in [0.1, 0.15) is 11.8 Å². The molecule has 1 aliphatic rings. The molecule has 7 heteroatoms. The maximum atomic E-state index is 12.3. The van der Waals surface area contributed by atoms with Crippen molar-refractivity contribution in [3.63, 3.8) is 0 Å². The van der Waals surface area contributed by atoms with Crippen molar-refractivity contribution < 1.29 is 9.53 Å². The van der Waals surface area contributed by atoms with Gasteiger partial charge in [0.05, 0.1) is 36.2 Å². The molecule has 1 amide bonds. The van der Waals surface area contributed by atoms with E-state index in [1.165, 1.54) is 11.3 Å². The molecule has 1 atom stereocenters. The first kappa shape index (κ1) is 14.0. The van der Waals surface area contributed by atoms with Crippen LogP contribution in [-0.4, -0.2) is 47.5 Å². The summed E-state index contributed by atoms with van der Waals surface area (Å²) < 4.78 is 5.74. The van der Waals surface area contributed by atoms with Gasteiger partial charge in [-0.25, -0.2) is 4.98 Å². The van der Waals surface area contributed by atoms with Gasteiger partial charge in [-0.05, 0) is 12.1 Å². The lowest BCUT2D eigenvalue weighted by Gasteiger charge is -2.32. The van der Waals surface area contributed by atoms with Gasteiger partial charge in [-0.2, -0.15) is 0 Å². The molecule has 0 saturated carbocycles. The van der Waals surface area contributed by atoms with Crippen molar-refractivity contribution in [1.29, 1.82) is 0 Å². The van der Waals surface area contributed by atoms with Crippen LogP contribution in [0, 0.1) is 0 Å². The van der Waals surface area contributed by atoms with Crippen LogP contribution in [0.25, 0.3) is 0 Å². The minimum absolute atomic E-state index is 0.0450. The van der Waals surface area contributed by atoms with Crippen molar-refractivity contribution in [2.75, 3.05) is 32.1 Å². The molecule has 0 spiro atoms. The van der Waals surface area contributed by atoms with Crippen LogP contribution in [-0.2, 0) is 4.74 Å². The predicted molar refractivity (Wildman–Crippen MR) is 80.5 cm³/mol. The minimum atomic E-state index is -0.188. The van der Waals surface area contributed by atoms with Gasteiger partial charge < -0.3 is 15.0 Å². The number of hydrogen-bond donors (Lipinski definition) is 1. The van der Waals surface area contributed by atoms with E-state index in [-0.39, 0.29) is 12.0 Å². The fourth-order valence-electron chi connectivity index (χ4n) is 2.24. The van der Waals surface area contributed by atoms with E-state index < -0.39 is 0 Å². The lowest BCUT2D eigenvalue weighted by molar-refractivity contribution is -0.0248. The molecule has 0 radical (unpaired) electrons. The van der Waals surface area contributed by atoms with Crippen LogP contribution in [0.15, 0.2) is 29.2 Å². The molecule has 1 aliphatic heterocycles. The zero-order valence-electron chi connectivity index (χ0n) is 11.7. The summed E-state index contributed by atoms with van der Waals surface area (Å²) in [5.41, 5.74) is 3.96. The van der Waals surface area contributed by atoms with Crippen LogP contribution < -0.4 is 5.32 Å². The number of amides is 1. The number of aromatic nitrogens is 2. The molecule has 6 nitrogen and oxygen atoms in total. The summed E-state index contributed by atoms with van der Waals surface area (Å²) in [5, 5.41) is 4.80. The highest BCUT2D eigenvalue weighted by molar-refractivity contribution is 7.07. The molecular formula is C14H16N4O2S. The van der Waals surface area contributed by atoms with Crippen molar-refractivity contribution in [2.24, 2.45) is 0 Å². The van der Waals surface area contributed by atoms with E-state index in [4.69, 9.17) is 4.74 Å². The molecule has 2 aromatic rings. The number of carbonyl (C=O) groups is 1. The van der Waals surface area contributed by atoms with E-state index in [0.29, 0.717) is 25.4 Å². The summed E-state index contributed by atoms with van der Waals surface area (Å²) in [5.74, 6) is -0.0450. The summed E-state index contributed by atoms with van der Waals surface area (Å²) in [6.07, 6.45) is 1.58. The third-order valence-electron chi connectivity index (χ3n) is 3.41. The Balaban J connectivity index is 1.71. The zero-order valence-corrected chi connectivity index (χ0v) is 12.5. The highest BCUT2D eigenvalue weighted by Gasteiger charge is 2.27. The fourth-order valence-corrected chi connectivity index (χ4v) is 2.76. The first-order chi connectivity index (χ1) is 10.3. The number of pyridine rings is 1. The van der Waals surface area contributed by atoms with Crippen LogP contribution in [0.5, 0.6) is 0 Å². The highest BCUT2D eigenvalue weighted by atomic mass is 32.1. The van der Waals surface area contributed by atoms with Crippen LogP contribution in [0.2, 0.25) is 0 Å². The second-order valence-electron chi connectivity index (χ2n) is 4.71. The van der Waals surface area contributed by atoms with Gasteiger partial charge in [0.25, 0.3) is 5.91 Å². The Morgan fingerprint density at radius 1 is 1.48 bits per heavy atom. The van der Waals surface area contributed by atoms with Crippen LogP contribution >= 0.6 is 11.3 Å². The second-order valence-corrected chi connectivity index (χ2v) is 5.42. The van der Waals surface area contributed by atoms with Gasteiger partial charge in [0.2, 0.25) is 0 Å². The molecule has 1 fully saturated rings. The standard InChI is InChI=1S/C14H16N4O2S/c1-15-10-2-3-11(16-6-10)13-7-18(4-5-20-13)14(19)12-8-21-9-17-12/h2-3,6,8-9,13,15H,4-5,7H2,1H3/t13-/m0/s1.